The smallest absolute Gasteiger partial charge is 0.326 e. The van der Waals surface area contributed by atoms with Crippen LogP contribution in [0.25, 0.3) is 0 Å². The predicted molar refractivity (Wildman–Crippen MR) is 117 cm³/mol. The summed E-state index contributed by atoms with van der Waals surface area (Å²) in [4.78, 5) is 67.4. The Morgan fingerprint density at radius 3 is 2.40 bits per heavy atom. The number of amides is 4. The maximum absolute atomic E-state index is 12.0. The van der Waals surface area contributed by atoms with Crippen LogP contribution in [0.5, 0.6) is 0 Å². The third-order valence-corrected chi connectivity index (χ3v) is 4.53. The molecule has 0 saturated carbocycles. The highest BCUT2D eigenvalue weighted by atomic mass is 16.4. The Morgan fingerprint density at radius 2 is 1.74 bits per heavy atom. The van der Waals surface area contributed by atoms with E-state index in [9.17, 15) is 33.9 Å². The van der Waals surface area contributed by atoms with E-state index in [1.807, 2.05) is 0 Å². The number of unbranched alkanes of at least 4 members (excludes halogenated alkanes) is 1. The molecule has 1 rings (SSSR count). The van der Waals surface area contributed by atoms with Gasteiger partial charge in [0.05, 0.1) is 12.2 Å². The molecule has 0 aliphatic rings. The van der Waals surface area contributed by atoms with Gasteiger partial charge in [-0.3, -0.25) is 24.0 Å². The number of aromatic nitrogens is 3. The molecule has 0 aliphatic heterocycles. The highest BCUT2D eigenvalue weighted by Gasteiger charge is 2.19. The van der Waals surface area contributed by atoms with E-state index >= 15 is 0 Å². The highest BCUT2D eigenvalue weighted by Crippen LogP contribution is 2.02. The van der Waals surface area contributed by atoms with E-state index in [1.165, 1.54) is 10.9 Å². The second-order valence-electron chi connectivity index (χ2n) is 7.46. The Morgan fingerprint density at radius 1 is 1.03 bits per heavy atom. The molecule has 0 bridgehead atoms. The lowest BCUT2D eigenvalue weighted by molar-refractivity contribution is -0.142. The molecule has 16 heteroatoms. The van der Waals surface area contributed by atoms with Crippen LogP contribution in [0.15, 0.2) is 6.20 Å². The SMILES string of the molecule is N[C@H](Cc1cn(CC(=O)NCCCCC(NC(=O)CCNC(=O)CNC=O)C(=O)O)nn1)C(=O)O. The summed E-state index contributed by atoms with van der Waals surface area (Å²) in [5, 5.41) is 35.2. The van der Waals surface area contributed by atoms with Crippen LogP contribution in [0, 0.1) is 0 Å². The molecule has 1 unspecified atom stereocenters. The summed E-state index contributed by atoms with van der Waals surface area (Å²) in [6.07, 6.45) is 2.65. The molecule has 16 nitrogen and oxygen atoms in total. The van der Waals surface area contributed by atoms with Crippen LogP contribution in [-0.4, -0.2) is 93.0 Å². The Balaban J connectivity index is 2.26. The van der Waals surface area contributed by atoms with Crippen LogP contribution in [-0.2, 0) is 41.7 Å². The fourth-order valence-corrected chi connectivity index (χ4v) is 2.76. The van der Waals surface area contributed by atoms with Crippen molar-refractivity contribution in [2.24, 2.45) is 5.73 Å². The van der Waals surface area contributed by atoms with Gasteiger partial charge < -0.3 is 37.2 Å². The van der Waals surface area contributed by atoms with Crippen molar-refractivity contribution in [2.45, 2.75) is 50.7 Å². The van der Waals surface area contributed by atoms with Crippen molar-refractivity contribution in [3.63, 3.8) is 0 Å². The Labute approximate surface area is 200 Å². The fourth-order valence-electron chi connectivity index (χ4n) is 2.76. The molecule has 1 heterocycles. The van der Waals surface area contributed by atoms with E-state index in [4.69, 9.17) is 10.8 Å². The van der Waals surface area contributed by atoms with E-state index < -0.39 is 35.8 Å². The number of nitrogens with one attached hydrogen (secondary N) is 4. The van der Waals surface area contributed by atoms with E-state index in [2.05, 4.69) is 31.6 Å². The van der Waals surface area contributed by atoms with Crippen LogP contribution >= 0.6 is 0 Å². The first-order valence-electron chi connectivity index (χ1n) is 10.7. The third-order valence-electron chi connectivity index (χ3n) is 4.53. The topological polar surface area (TPSA) is 248 Å². The lowest BCUT2D eigenvalue weighted by atomic mass is 10.1. The van der Waals surface area contributed by atoms with E-state index in [0.29, 0.717) is 24.9 Å². The van der Waals surface area contributed by atoms with Gasteiger partial charge in [-0.25, -0.2) is 9.48 Å². The summed E-state index contributed by atoms with van der Waals surface area (Å²) < 4.78 is 1.25. The molecule has 1 aromatic rings. The molecule has 0 fully saturated rings. The van der Waals surface area contributed by atoms with Crippen LogP contribution in [0.1, 0.15) is 31.4 Å². The van der Waals surface area contributed by atoms with Gasteiger partial charge in [0.15, 0.2) is 0 Å². The maximum atomic E-state index is 12.0. The highest BCUT2D eigenvalue weighted by molar-refractivity contribution is 5.84. The number of carboxylic acid groups (broad SMARTS) is 2. The zero-order chi connectivity index (χ0) is 26.2. The van der Waals surface area contributed by atoms with Gasteiger partial charge in [-0.2, -0.15) is 0 Å². The van der Waals surface area contributed by atoms with Gasteiger partial charge in [-0.1, -0.05) is 5.21 Å². The summed E-state index contributed by atoms with van der Waals surface area (Å²) in [5.41, 5.74) is 5.76. The number of hydrogen-bond acceptors (Lipinski definition) is 9. The van der Waals surface area contributed by atoms with Crippen LogP contribution < -0.4 is 27.0 Å². The quantitative estimate of drug-likeness (QED) is 0.0767. The predicted octanol–water partition coefficient (Wildman–Crippen LogP) is -3.66. The largest absolute Gasteiger partial charge is 0.480 e. The first-order valence-corrected chi connectivity index (χ1v) is 10.7. The third kappa shape index (κ3) is 12.7. The summed E-state index contributed by atoms with van der Waals surface area (Å²) in [7, 11) is 0. The lowest BCUT2D eigenvalue weighted by Gasteiger charge is -2.15. The first-order chi connectivity index (χ1) is 16.6. The van der Waals surface area contributed by atoms with Gasteiger partial charge in [0.1, 0.15) is 18.6 Å². The molecule has 0 spiro atoms. The fraction of sp³-hybridized carbons (Fsp3) is 0.579. The zero-order valence-corrected chi connectivity index (χ0v) is 18.9. The average Bonchev–Trinajstić information content (AvgIpc) is 3.22. The summed E-state index contributed by atoms with van der Waals surface area (Å²) >= 11 is 0. The molecule has 4 amide bonds. The van der Waals surface area contributed by atoms with Gasteiger partial charge in [0.25, 0.3) is 0 Å². The Hall–Kier alpha value is -4.08. The van der Waals surface area contributed by atoms with Gasteiger partial charge in [0.2, 0.25) is 24.1 Å². The standard InChI is InChI=1S/C19H30N8O8/c20-13(18(32)33)7-12-9-27(26-25-12)10-17(31)22-5-2-1-3-14(19(34)35)24-15(29)4-6-23-16(30)8-21-11-28/h9,11,13-14H,1-8,10,20H2,(H,21,28)(H,22,31)(H,23,30)(H,24,29)(H,32,33)(H,34,35)/t13-,14?/m1/s1. The summed E-state index contributed by atoms with van der Waals surface area (Å²) in [6.45, 7) is -0.0970. The van der Waals surface area contributed by atoms with E-state index in [1.54, 1.807) is 0 Å². The van der Waals surface area contributed by atoms with Crippen molar-refractivity contribution in [1.29, 1.82) is 0 Å². The Kier molecular flexibility index (Phi) is 13.0. The van der Waals surface area contributed by atoms with E-state index in [-0.39, 0.29) is 51.3 Å². The minimum Gasteiger partial charge on any atom is -0.480 e. The number of nitrogens with zero attached hydrogens (tertiary/aromatic N) is 3. The first kappa shape index (κ1) is 29.0. The second-order valence-corrected chi connectivity index (χ2v) is 7.46. The minimum atomic E-state index is -1.20. The van der Waals surface area contributed by atoms with Crippen LogP contribution in [0.2, 0.25) is 0 Å². The van der Waals surface area contributed by atoms with Crippen LogP contribution in [0.3, 0.4) is 0 Å². The number of rotatable bonds is 18. The summed E-state index contributed by atoms with van der Waals surface area (Å²) in [5.74, 6) is -3.77. The van der Waals surface area contributed by atoms with Crippen molar-refractivity contribution >= 4 is 36.1 Å². The number of hydrogen-bond donors (Lipinski definition) is 7. The van der Waals surface area contributed by atoms with Gasteiger partial charge in [-0.15, -0.1) is 5.10 Å². The van der Waals surface area contributed by atoms with Crippen molar-refractivity contribution in [1.82, 2.24) is 36.3 Å². The monoisotopic (exact) mass is 498 g/mol. The minimum absolute atomic E-state index is 0.0107. The molecule has 0 radical (unpaired) electrons. The van der Waals surface area contributed by atoms with E-state index in [0.717, 1.165) is 0 Å². The summed E-state index contributed by atoms with van der Waals surface area (Å²) in [6, 6.07) is -2.23. The van der Waals surface area contributed by atoms with Crippen molar-refractivity contribution < 1.29 is 39.0 Å². The number of nitrogens with two attached hydrogens (primary N) is 1. The lowest BCUT2D eigenvalue weighted by Crippen LogP contribution is -2.42. The molecule has 2 atom stereocenters. The molecular weight excluding hydrogens is 468 g/mol. The Bertz CT molecular complexity index is 890. The number of aliphatic carboxylic acids is 2. The second kappa shape index (κ2) is 15.7. The number of carbonyl (C=O) groups is 6. The van der Waals surface area contributed by atoms with Gasteiger partial charge in [-0.05, 0) is 19.3 Å². The van der Waals surface area contributed by atoms with Crippen molar-refractivity contribution in [3.05, 3.63) is 11.9 Å². The van der Waals surface area contributed by atoms with Gasteiger partial charge in [0, 0.05) is 32.1 Å². The zero-order valence-electron chi connectivity index (χ0n) is 18.9. The number of carboxylic acids is 2. The van der Waals surface area contributed by atoms with Gasteiger partial charge >= 0.3 is 11.9 Å². The molecular formula is C19H30N8O8. The van der Waals surface area contributed by atoms with Crippen LogP contribution in [0.4, 0.5) is 0 Å². The molecule has 0 saturated heterocycles. The molecule has 35 heavy (non-hydrogen) atoms. The molecule has 194 valence electrons. The molecule has 8 N–H and O–H groups in total. The molecule has 0 aromatic carbocycles. The normalized spacial score (nSPS) is 12.1. The maximum Gasteiger partial charge on any atom is 0.326 e. The molecule has 0 aliphatic carbocycles. The number of carbonyl (C=O) groups excluding carboxylic acids is 4. The average molecular weight is 498 g/mol. The van der Waals surface area contributed by atoms with Crippen molar-refractivity contribution in [3.8, 4) is 0 Å². The molecule has 1 aromatic heterocycles. The van der Waals surface area contributed by atoms with Crippen molar-refractivity contribution in [2.75, 3.05) is 19.6 Å².